The number of aryl methyl sites for hydroxylation is 1. The van der Waals surface area contributed by atoms with Gasteiger partial charge in [-0.2, -0.15) is 0 Å². The predicted molar refractivity (Wildman–Crippen MR) is 142 cm³/mol. The lowest BCUT2D eigenvalue weighted by molar-refractivity contribution is -0.153. The highest BCUT2D eigenvalue weighted by molar-refractivity contribution is 5.99. The topological polar surface area (TPSA) is 101 Å². The molecule has 0 saturated heterocycles. The summed E-state index contributed by atoms with van der Waals surface area (Å²) in [5.41, 5.74) is 2.44. The van der Waals surface area contributed by atoms with Crippen LogP contribution >= 0.6 is 0 Å². The van der Waals surface area contributed by atoms with E-state index < -0.39 is 41.5 Å². The normalized spacial score (nSPS) is 13.1. The average Bonchev–Trinajstić information content (AvgIpc) is 2.90. The zero-order chi connectivity index (χ0) is 28.7. The van der Waals surface area contributed by atoms with Crippen molar-refractivity contribution in [1.82, 2.24) is 4.98 Å². The highest BCUT2D eigenvalue weighted by Gasteiger charge is 2.31. The molecule has 39 heavy (non-hydrogen) atoms. The van der Waals surface area contributed by atoms with Crippen molar-refractivity contribution in [3.63, 3.8) is 0 Å². The predicted octanol–water partition coefficient (Wildman–Crippen LogP) is 5.44. The van der Waals surface area contributed by atoms with Crippen LogP contribution in [0.15, 0.2) is 54.7 Å². The highest BCUT2D eigenvalue weighted by Crippen LogP contribution is 2.37. The Kier molecular flexibility index (Phi) is 9.76. The number of benzene rings is 2. The lowest BCUT2D eigenvalue weighted by Gasteiger charge is -2.27. The van der Waals surface area contributed by atoms with Gasteiger partial charge in [0.2, 0.25) is 5.75 Å². The molecule has 3 aromatic rings. The van der Waals surface area contributed by atoms with Gasteiger partial charge in [-0.1, -0.05) is 42.8 Å². The minimum Gasteiger partial charge on any atom is -0.496 e. The monoisotopic (exact) mass is 537 g/mol. The molecule has 0 aliphatic carbocycles. The van der Waals surface area contributed by atoms with Gasteiger partial charge in [0, 0.05) is 43.2 Å². The summed E-state index contributed by atoms with van der Waals surface area (Å²) in [7, 11) is 2.82. The number of carbonyl (C=O) groups excluding carboxylic acids is 3. The van der Waals surface area contributed by atoms with Crippen molar-refractivity contribution >= 4 is 17.7 Å². The van der Waals surface area contributed by atoms with Gasteiger partial charge >= 0.3 is 11.9 Å². The number of Topliss-reactive ketones (excluding diaryl/α,β-unsaturated/α-hetero) is 1. The van der Waals surface area contributed by atoms with Crippen molar-refractivity contribution in [3.8, 4) is 17.2 Å². The van der Waals surface area contributed by atoms with Crippen LogP contribution in [-0.4, -0.2) is 43.0 Å². The molecule has 8 nitrogen and oxygen atoms in total. The van der Waals surface area contributed by atoms with E-state index in [9.17, 15) is 18.8 Å². The molecule has 3 atom stereocenters. The maximum absolute atomic E-state index is 13.9. The van der Waals surface area contributed by atoms with Crippen molar-refractivity contribution in [2.45, 2.75) is 46.1 Å². The van der Waals surface area contributed by atoms with Crippen LogP contribution in [0.5, 0.6) is 17.2 Å². The average molecular weight is 538 g/mol. The molecule has 2 aromatic carbocycles. The maximum Gasteiger partial charge on any atom is 0.309 e. The summed E-state index contributed by atoms with van der Waals surface area (Å²) in [5.74, 6) is -3.13. The summed E-state index contributed by atoms with van der Waals surface area (Å²) in [6.07, 6.45) is 0.421. The molecule has 0 aliphatic rings. The fourth-order valence-corrected chi connectivity index (χ4v) is 4.28. The molecule has 0 unspecified atom stereocenters. The molecular weight excluding hydrogens is 505 g/mol. The van der Waals surface area contributed by atoms with E-state index in [0.717, 1.165) is 11.1 Å². The largest absolute Gasteiger partial charge is 0.496 e. The molecular formula is C30H32FNO7. The van der Waals surface area contributed by atoms with Crippen molar-refractivity contribution < 1.29 is 37.7 Å². The Balaban J connectivity index is 1.84. The Hall–Kier alpha value is -4.27. The first-order chi connectivity index (χ1) is 18.5. The molecule has 1 aromatic heterocycles. The van der Waals surface area contributed by atoms with Gasteiger partial charge in [0.25, 0.3) is 0 Å². The number of ketones is 1. The van der Waals surface area contributed by atoms with Crippen LogP contribution in [-0.2, 0) is 14.3 Å². The minimum absolute atomic E-state index is 0.103. The van der Waals surface area contributed by atoms with Crippen LogP contribution in [0.1, 0.15) is 60.3 Å². The van der Waals surface area contributed by atoms with Crippen LogP contribution in [0.4, 0.5) is 4.39 Å². The fourth-order valence-electron chi connectivity index (χ4n) is 4.28. The molecule has 0 N–H and O–H groups in total. The third-order valence-electron chi connectivity index (χ3n) is 6.23. The Bertz CT molecular complexity index is 1340. The van der Waals surface area contributed by atoms with Crippen molar-refractivity contribution in [3.05, 3.63) is 82.9 Å². The number of aromatic nitrogens is 1. The van der Waals surface area contributed by atoms with Gasteiger partial charge in [0.05, 0.1) is 20.1 Å². The van der Waals surface area contributed by atoms with Gasteiger partial charge in [-0.3, -0.25) is 14.4 Å². The molecule has 0 spiro atoms. The summed E-state index contributed by atoms with van der Waals surface area (Å²) in [6.45, 7) is 6.46. The maximum atomic E-state index is 13.9. The molecule has 0 aliphatic heterocycles. The first-order valence-electron chi connectivity index (χ1n) is 12.4. The van der Waals surface area contributed by atoms with E-state index >= 15 is 0 Å². The molecule has 0 amide bonds. The van der Waals surface area contributed by atoms with Gasteiger partial charge < -0.3 is 18.9 Å². The standard InChI is InChI=1S/C30H32FNO7/c1-17-7-9-21(10-8-17)27(23-12-11-22(31)16-26(23)37-6)19(3)38-30(35)18(2)15-24(34)28-29(39-20(4)33)25(36-5)13-14-32-28/h7-14,16,18-19,27H,15H2,1-6H3/t18-,19+,27+/m1/s1. The van der Waals surface area contributed by atoms with Gasteiger partial charge in [0.1, 0.15) is 17.7 Å². The smallest absolute Gasteiger partial charge is 0.309 e. The summed E-state index contributed by atoms with van der Waals surface area (Å²) in [4.78, 5) is 41.8. The second kappa shape index (κ2) is 13.0. The number of esters is 2. The van der Waals surface area contributed by atoms with E-state index in [-0.39, 0.29) is 23.6 Å². The number of hydrogen-bond donors (Lipinski definition) is 0. The van der Waals surface area contributed by atoms with Crippen LogP contribution in [0.25, 0.3) is 0 Å². The van der Waals surface area contributed by atoms with E-state index in [4.69, 9.17) is 18.9 Å². The van der Waals surface area contributed by atoms with Crippen molar-refractivity contribution in [1.29, 1.82) is 0 Å². The number of pyridine rings is 1. The Labute approximate surface area is 227 Å². The van der Waals surface area contributed by atoms with Crippen molar-refractivity contribution in [2.24, 2.45) is 5.92 Å². The third kappa shape index (κ3) is 7.19. The lowest BCUT2D eigenvalue weighted by atomic mass is 9.86. The molecule has 9 heteroatoms. The quantitative estimate of drug-likeness (QED) is 0.235. The molecule has 1 heterocycles. The van der Waals surface area contributed by atoms with Gasteiger partial charge in [-0.15, -0.1) is 0 Å². The number of halogens is 1. The molecule has 0 fully saturated rings. The van der Waals surface area contributed by atoms with Crippen LogP contribution in [0.3, 0.4) is 0 Å². The van der Waals surface area contributed by atoms with Crippen molar-refractivity contribution in [2.75, 3.05) is 14.2 Å². The zero-order valence-electron chi connectivity index (χ0n) is 22.8. The van der Waals surface area contributed by atoms with Crippen LogP contribution in [0, 0.1) is 18.7 Å². The first-order valence-corrected chi connectivity index (χ1v) is 12.4. The van der Waals surface area contributed by atoms with Crippen LogP contribution < -0.4 is 14.2 Å². The number of nitrogens with zero attached hydrogens (tertiary/aromatic N) is 1. The first kappa shape index (κ1) is 29.3. The van der Waals surface area contributed by atoms with Gasteiger partial charge in [-0.05, 0) is 25.5 Å². The summed E-state index contributed by atoms with van der Waals surface area (Å²) in [5, 5.41) is 0. The highest BCUT2D eigenvalue weighted by atomic mass is 19.1. The molecule has 0 bridgehead atoms. The number of ether oxygens (including phenoxy) is 4. The van der Waals surface area contributed by atoms with E-state index in [0.29, 0.717) is 11.3 Å². The third-order valence-corrected chi connectivity index (χ3v) is 6.23. The summed E-state index contributed by atoms with van der Waals surface area (Å²) in [6, 6.07) is 13.4. The summed E-state index contributed by atoms with van der Waals surface area (Å²) >= 11 is 0. The Morgan fingerprint density at radius 1 is 0.949 bits per heavy atom. The molecule has 0 saturated carbocycles. The Morgan fingerprint density at radius 3 is 2.23 bits per heavy atom. The molecule has 0 radical (unpaired) electrons. The Morgan fingerprint density at radius 2 is 1.62 bits per heavy atom. The second-order valence-electron chi connectivity index (χ2n) is 9.23. The zero-order valence-corrected chi connectivity index (χ0v) is 22.8. The number of rotatable bonds is 11. The SMILES string of the molecule is COc1cc(F)ccc1[C@H](c1ccc(C)cc1)[C@H](C)OC(=O)[C@H](C)CC(=O)c1nccc(OC)c1OC(C)=O. The van der Waals surface area contributed by atoms with Gasteiger partial charge in [0.15, 0.2) is 17.2 Å². The van der Waals surface area contributed by atoms with E-state index in [1.807, 2.05) is 31.2 Å². The fraction of sp³-hybridized carbons (Fsp3) is 0.333. The molecule has 206 valence electrons. The number of methoxy groups -OCH3 is 2. The van der Waals surface area contributed by atoms with E-state index in [1.165, 1.54) is 45.5 Å². The summed E-state index contributed by atoms with van der Waals surface area (Å²) < 4.78 is 35.6. The lowest BCUT2D eigenvalue weighted by Crippen LogP contribution is -2.28. The second-order valence-corrected chi connectivity index (χ2v) is 9.23. The van der Waals surface area contributed by atoms with E-state index in [2.05, 4.69) is 4.98 Å². The van der Waals surface area contributed by atoms with Crippen LogP contribution in [0.2, 0.25) is 0 Å². The number of carbonyl (C=O) groups is 3. The van der Waals surface area contributed by atoms with Gasteiger partial charge in [-0.25, -0.2) is 9.37 Å². The van der Waals surface area contributed by atoms with E-state index in [1.54, 1.807) is 19.9 Å². The number of hydrogen-bond acceptors (Lipinski definition) is 8. The minimum atomic E-state index is -0.841. The molecule has 3 rings (SSSR count).